The number of carbonyl (C=O) groups excluding carboxylic acids is 1. The highest BCUT2D eigenvalue weighted by Crippen LogP contribution is 2.55. The van der Waals surface area contributed by atoms with Gasteiger partial charge in [0.05, 0.1) is 6.54 Å². The summed E-state index contributed by atoms with van der Waals surface area (Å²) >= 11 is 0. The molecule has 0 bridgehead atoms. The van der Waals surface area contributed by atoms with Crippen LogP contribution in [0.3, 0.4) is 0 Å². The zero-order valence-electron chi connectivity index (χ0n) is 16.9. The minimum absolute atomic E-state index is 0.0507. The van der Waals surface area contributed by atoms with Crippen molar-refractivity contribution >= 4 is 11.6 Å². The molecule has 0 saturated carbocycles. The SMILES string of the molecule is C/C(=C\C=C(/O)CN1C(=O)C2(COc3cc4c(cc32)OCO4)c2ccccc21)C(F)(F)F. The van der Waals surface area contributed by atoms with Gasteiger partial charge in [0.15, 0.2) is 11.5 Å². The van der Waals surface area contributed by atoms with E-state index in [1.807, 2.05) is 6.07 Å². The number of fused-ring (bicyclic) bond motifs is 5. The third-order valence-corrected chi connectivity index (χ3v) is 5.94. The Morgan fingerprint density at radius 1 is 1.09 bits per heavy atom. The maximum absolute atomic E-state index is 13.7. The van der Waals surface area contributed by atoms with E-state index < -0.39 is 17.2 Å². The van der Waals surface area contributed by atoms with Crippen LogP contribution in [0.25, 0.3) is 0 Å². The van der Waals surface area contributed by atoms with Crippen LogP contribution in [0.5, 0.6) is 17.2 Å². The fraction of sp³-hybridized carbons (Fsp3) is 0.261. The quantitative estimate of drug-likeness (QED) is 0.561. The first-order valence-corrected chi connectivity index (χ1v) is 9.84. The summed E-state index contributed by atoms with van der Waals surface area (Å²) in [5, 5.41) is 10.3. The summed E-state index contributed by atoms with van der Waals surface area (Å²) in [4.78, 5) is 15.1. The zero-order chi connectivity index (χ0) is 22.7. The number of hydrogen-bond acceptors (Lipinski definition) is 5. The van der Waals surface area contributed by atoms with Crippen LogP contribution >= 0.6 is 0 Å². The van der Waals surface area contributed by atoms with Gasteiger partial charge in [0, 0.05) is 22.9 Å². The second-order valence-electron chi connectivity index (χ2n) is 7.81. The van der Waals surface area contributed by atoms with Crippen LogP contribution in [-0.2, 0) is 10.2 Å². The number of nitrogens with zero attached hydrogens (tertiary/aromatic N) is 1. The first-order chi connectivity index (χ1) is 15.2. The molecule has 2 aromatic carbocycles. The largest absolute Gasteiger partial charge is 0.510 e. The molecule has 1 N–H and O–H groups in total. The number of anilines is 1. The van der Waals surface area contributed by atoms with Gasteiger partial charge in [0.1, 0.15) is 23.5 Å². The number of ether oxygens (including phenoxy) is 3. The molecule has 1 spiro atoms. The van der Waals surface area contributed by atoms with Crippen molar-refractivity contribution in [3.05, 3.63) is 71.0 Å². The molecule has 2 aromatic rings. The highest BCUT2D eigenvalue weighted by atomic mass is 19.4. The number of hydrogen-bond donors (Lipinski definition) is 1. The van der Waals surface area contributed by atoms with E-state index in [0.717, 1.165) is 19.1 Å². The number of para-hydroxylation sites is 1. The van der Waals surface area contributed by atoms with Gasteiger partial charge < -0.3 is 24.2 Å². The Morgan fingerprint density at radius 2 is 1.81 bits per heavy atom. The topological polar surface area (TPSA) is 68.2 Å². The highest BCUT2D eigenvalue weighted by molar-refractivity contribution is 6.11. The van der Waals surface area contributed by atoms with Gasteiger partial charge in [-0.15, -0.1) is 0 Å². The van der Waals surface area contributed by atoms with Crippen molar-refractivity contribution in [2.75, 3.05) is 24.8 Å². The van der Waals surface area contributed by atoms with Crippen molar-refractivity contribution < 1.29 is 37.3 Å². The van der Waals surface area contributed by atoms with Crippen molar-refractivity contribution in [1.29, 1.82) is 0 Å². The number of carbonyl (C=O) groups is 1. The van der Waals surface area contributed by atoms with E-state index in [4.69, 9.17) is 14.2 Å². The molecule has 1 atom stereocenters. The van der Waals surface area contributed by atoms with Crippen LogP contribution < -0.4 is 19.1 Å². The van der Waals surface area contributed by atoms with Crippen LogP contribution in [0.4, 0.5) is 18.9 Å². The minimum atomic E-state index is -4.49. The van der Waals surface area contributed by atoms with E-state index in [2.05, 4.69) is 0 Å². The Labute approximate surface area is 181 Å². The van der Waals surface area contributed by atoms with Gasteiger partial charge in [-0.1, -0.05) is 24.3 Å². The molecule has 3 aliphatic rings. The van der Waals surface area contributed by atoms with Gasteiger partial charge in [0.25, 0.3) is 0 Å². The molecule has 0 saturated heterocycles. The lowest BCUT2D eigenvalue weighted by Gasteiger charge is -2.23. The molecule has 0 aromatic heterocycles. The molecule has 0 fully saturated rings. The predicted octanol–water partition coefficient (Wildman–Crippen LogP) is 4.39. The van der Waals surface area contributed by atoms with Gasteiger partial charge >= 0.3 is 6.18 Å². The Morgan fingerprint density at radius 3 is 2.56 bits per heavy atom. The highest BCUT2D eigenvalue weighted by Gasteiger charge is 2.57. The lowest BCUT2D eigenvalue weighted by Crippen LogP contribution is -2.43. The Hall–Kier alpha value is -3.62. The Balaban J connectivity index is 1.54. The van der Waals surface area contributed by atoms with Gasteiger partial charge in [-0.2, -0.15) is 13.2 Å². The molecular formula is C23H18F3NO5. The van der Waals surface area contributed by atoms with Gasteiger partial charge in [0.2, 0.25) is 12.7 Å². The van der Waals surface area contributed by atoms with Crippen molar-refractivity contribution in [1.82, 2.24) is 0 Å². The number of rotatable bonds is 3. The standard InChI is InChI=1S/C23H18F3NO5/c1-13(23(24,25)26)6-7-14(28)10-27-17-5-3-2-4-15(17)22(21(27)29)11-30-18-9-20-19(8-16(18)22)31-12-32-20/h2-9,28H,10-12H2,1H3/b13-6+,14-7-. The van der Waals surface area contributed by atoms with Crippen LogP contribution in [0.2, 0.25) is 0 Å². The summed E-state index contributed by atoms with van der Waals surface area (Å²) < 4.78 is 54.9. The van der Waals surface area contributed by atoms with E-state index in [0.29, 0.717) is 34.1 Å². The number of aliphatic hydroxyl groups excluding tert-OH is 1. The number of allylic oxidation sites excluding steroid dienone is 3. The number of aliphatic hydroxyl groups is 1. The van der Waals surface area contributed by atoms with E-state index in [-0.39, 0.29) is 31.6 Å². The van der Waals surface area contributed by atoms with Crippen LogP contribution in [0.1, 0.15) is 18.1 Å². The number of benzene rings is 2. The summed E-state index contributed by atoms with van der Waals surface area (Å²) in [5.74, 6) is 0.825. The van der Waals surface area contributed by atoms with Crippen LogP contribution in [0.15, 0.2) is 59.9 Å². The smallest absolute Gasteiger partial charge is 0.412 e. The summed E-state index contributed by atoms with van der Waals surface area (Å²) in [6.07, 6.45) is -2.75. The molecule has 1 amide bonds. The third-order valence-electron chi connectivity index (χ3n) is 5.94. The summed E-state index contributed by atoms with van der Waals surface area (Å²) in [6.45, 7) is 0.756. The lowest BCUT2D eigenvalue weighted by molar-refractivity contribution is -0.122. The zero-order valence-corrected chi connectivity index (χ0v) is 16.9. The average Bonchev–Trinajstić information content (AvgIpc) is 3.42. The summed E-state index contributed by atoms with van der Waals surface area (Å²) in [6, 6.07) is 10.5. The maximum atomic E-state index is 13.7. The number of amides is 1. The second-order valence-corrected chi connectivity index (χ2v) is 7.81. The van der Waals surface area contributed by atoms with Gasteiger partial charge in [-0.25, -0.2) is 0 Å². The van der Waals surface area contributed by atoms with Crippen molar-refractivity contribution in [2.24, 2.45) is 0 Å². The predicted molar refractivity (Wildman–Crippen MR) is 108 cm³/mol. The van der Waals surface area contributed by atoms with E-state index in [1.165, 1.54) is 4.90 Å². The molecular weight excluding hydrogens is 427 g/mol. The molecule has 3 heterocycles. The third kappa shape index (κ3) is 2.91. The first kappa shape index (κ1) is 20.3. The normalized spacial score (nSPS) is 21.8. The molecule has 3 aliphatic heterocycles. The van der Waals surface area contributed by atoms with E-state index in [9.17, 15) is 23.1 Å². The first-order valence-electron chi connectivity index (χ1n) is 9.84. The van der Waals surface area contributed by atoms with Crippen LogP contribution in [0, 0.1) is 0 Å². The average molecular weight is 445 g/mol. The van der Waals surface area contributed by atoms with E-state index >= 15 is 0 Å². The monoisotopic (exact) mass is 445 g/mol. The van der Waals surface area contributed by atoms with Crippen molar-refractivity contribution in [2.45, 2.75) is 18.5 Å². The molecule has 166 valence electrons. The molecule has 0 radical (unpaired) electrons. The minimum Gasteiger partial charge on any atom is -0.510 e. The number of halogens is 3. The second kappa shape index (κ2) is 6.94. The number of alkyl halides is 3. The van der Waals surface area contributed by atoms with Crippen molar-refractivity contribution in [3.8, 4) is 17.2 Å². The summed E-state index contributed by atoms with van der Waals surface area (Å²) in [5.41, 5.74) is -0.133. The lowest BCUT2D eigenvalue weighted by atomic mass is 9.77. The van der Waals surface area contributed by atoms with Crippen LogP contribution in [-0.4, -0.2) is 37.1 Å². The Bertz CT molecular complexity index is 1190. The molecule has 9 heteroatoms. The van der Waals surface area contributed by atoms with Gasteiger partial charge in [-0.3, -0.25) is 4.79 Å². The molecule has 1 unspecified atom stereocenters. The molecule has 32 heavy (non-hydrogen) atoms. The van der Waals surface area contributed by atoms with Gasteiger partial charge in [-0.05, 0) is 30.7 Å². The fourth-order valence-corrected chi connectivity index (χ4v) is 4.25. The molecule has 0 aliphatic carbocycles. The maximum Gasteiger partial charge on any atom is 0.412 e. The Kier molecular flexibility index (Phi) is 4.40. The van der Waals surface area contributed by atoms with Crippen molar-refractivity contribution in [3.63, 3.8) is 0 Å². The summed E-state index contributed by atoms with van der Waals surface area (Å²) in [7, 11) is 0. The molecule has 5 rings (SSSR count). The molecule has 6 nitrogen and oxygen atoms in total. The fourth-order valence-electron chi connectivity index (χ4n) is 4.25. The van der Waals surface area contributed by atoms with E-state index in [1.54, 1.807) is 30.3 Å².